The van der Waals surface area contributed by atoms with E-state index in [0.717, 1.165) is 12.8 Å². The standard InChI is InChI=1S/C37H69N9O13/c38-9-2-4-20-57-22-24-59-25-23-58-21-5-11-40-31(47)7-8-32(48)42-30(37(39)56)6-1-3-10-41-33(49)26-43-12-14-44(27-34(50)51)16-18-46(29-36(54)55)19-17-45(15-13-43)28-35(52)53/h30H,1-29,38H2,(H2,39,56)(H,40,47)(H,41,49)(H,42,48)(H,50,51)(H,52,53)(H,54,55)/t30-/m0/s1. The number of nitrogens with one attached hydrogen (secondary N) is 3. The van der Waals surface area contributed by atoms with E-state index in [9.17, 15) is 48.9 Å². The molecule has 4 amide bonds. The van der Waals surface area contributed by atoms with E-state index in [4.69, 9.17) is 25.7 Å². The SMILES string of the molecule is NCCCCOCCOCCOCCCNC(=O)CCC(=O)N[C@@H](CCCCNC(=O)CN1CCN(CC(=O)O)CCN(CC(=O)O)CCN(CC(=O)O)CC1)C(N)=O. The average Bonchev–Trinajstić information content (AvgIpc) is 3.16. The van der Waals surface area contributed by atoms with Gasteiger partial charge in [-0.2, -0.15) is 0 Å². The molecule has 22 heteroatoms. The molecule has 59 heavy (non-hydrogen) atoms. The van der Waals surface area contributed by atoms with Crippen LogP contribution in [0.4, 0.5) is 0 Å². The lowest BCUT2D eigenvalue weighted by Gasteiger charge is -2.32. The largest absolute Gasteiger partial charge is 0.480 e. The summed E-state index contributed by atoms with van der Waals surface area (Å²) in [6.45, 7) is 5.69. The normalized spacial score (nSPS) is 15.7. The number of ether oxygens (including phenoxy) is 3. The first kappa shape index (κ1) is 53.0. The van der Waals surface area contributed by atoms with E-state index in [1.165, 1.54) is 0 Å². The first-order chi connectivity index (χ1) is 28.3. The van der Waals surface area contributed by atoms with Crippen molar-refractivity contribution in [3.63, 3.8) is 0 Å². The molecule has 22 nitrogen and oxygen atoms in total. The Labute approximate surface area is 346 Å². The van der Waals surface area contributed by atoms with E-state index in [-0.39, 0.29) is 103 Å². The number of carboxylic acids is 3. The van der Waals surface area contributed by atoms with E-state index in [1.54, 1.807) is 14.7 Å². The van der Waals surface area contributed by atoms with Crippen LogP contribution in [0.5, 0.6) is 0 Å². The zero-order valence-electron chi connectivity index (χ0n) is 34.5. The molecule has 0 unspecified atom stereocenters. The number of carbonyl (C=O) groups excluding carboxylic acids is 4. The molecule has 1 aliphatic rings. The number of primary amides is 1. The molecule has 340 valence electrons. The van der Waals surface area contributed by atoms with E-state index >= 15 is 0 Å². The number of carboxylic acid groups (broad SMARTS) is 3. The number of hydrogen-bond acceptors (Lipinski definition) is 15. The smallest absolute Gasteiger partial charge is 0.317 e. The van der Waals surface area contributed by atoms with Crippen LogP contribution in [0, 0.1) is 0 Å². The van der Waals surface area contributed by atoms with Gasteiger partial charge in [-0.25, -0.2) is 0 Å². The monoisotopic (exact) mass is 848 g/mol. The Bertz CT molecular complexity index is 1220. The van der Waals surface area contributed by atoms with Crippen LogP contribution in [-0.2, 0) is 47.8 Å². The van der Waals surface area contributed by atoms with Gasteiger partial charge in [-0.05, 0) is 45.1 Å². The Morgan fingerprint density at radius 3 is 1.37 bits per heavy atom. The predicted molar refractivity (Wildman–Crippen MR) is 214 cm³/mol. The van der Waals surface area contributed by atoms with Gasteiger partial charge >= 0.3 is 17.9 Å². The van der Waals surface area contributed by atoms with Gasteiger partial charge in [-0.3, -0.25) is 53.2 Å². The zero-order valence-corrected chi connectivity index (χ0v) is 34.5. The number of hydrogen-bond donors (Lipinski definition) is 8. The second-order valence-electron chi connectivity index (χ2n) is 14.2. The molecule has 10 N–H and O–H groups in total. The van der Waals surface area contributed by atoms with Gasteiger partial charge < -0.3 is 56.9 Å². The molecule has 1 rings (SSSR count). The molecule has 0 aliphatic carbocycles. The van der Waals surface area contributed by atoms with Crippen molar-refractivity contribution in [2.24, 2.45) is 11.5 Å². The van der Waals surface area contributed by atoms with Crippen molar-refractivity contribution in [3.8, 4) is 0 Å². The quantitative estimate of drug-likeness (QED) is 0.0309. The van der Waals surface area contributed by atoms with Crippen LogP contribution in [0.1, 0.15) is 51.4 Å². The lowest BCUT2D eigenvalue weighted by atomic mass is 10.1. The summed E-state index contributed by atoms with van der Waals surface area (Å²) in [4.78, 5) is 90.8. The maximum absolute atomic E-state index is 12.9. The Kier molecular flexibility index (Phi) is 30.3. The van der Waals surface area contributed by atoms with Crippen LogP contribution >= 0.6 is 0 Å². The van der Waals surface area contributed by atoms with Crippen molar-refractivity contribution >= 4 is 41.5 Å². The highest BCUT2D eigenvalue weighted by atomic mass is 16.5. The molecule has 0 spiro atoms. The predicted octanol–water partition coefficient (Wildman–Crippen LogP) is -3.21. The topological polar surface area (TPSA) is 309 Å². The minimum absolute atomic E-state index is 0.0305. The minimum Gasteiger partial charge on any atom is -0.480 e. The third-order valence-electron chi connectivity index (χ3n) is 9.15. The van der Waals surface area contributed by atoms with Gasteiger partial charge in [0.2, 0.25) is 23.6 Å². The summed E-state index contributed by atoms with van der Waals surface area (Å²) in [6, 6.07) is -0.947. The van der Waals surface area contributed by atoms with Gasteiger partial charge in [0.1, 0.15) is 6.04 Å². The molecule has 0 radical (unpaired) electrons. The fourth-order valence-corrected chi connectivity index (χ4v) is 5.91. The third kappa shape index (κ3) is 30.6. The molecule has 0 aromatic carbocycles. The number of aliphatic carboxylic acids is 3. The van der Waals surface area contributed by atoms with Crippen LogP contribution < -0.4 is 27.4 Å². The number of carbonyl (C=O) groups is 7. The first-order valence-electron chi connectivity index (χ1n) is 20.4. The van der Waals surface area contributed by atoms with Gasteiger partial charge in [-0.1, -0.05) is 0 Å². The minimum atomic E-state index is -1.04. The van der Waals surface area contributed by atoms with Gasteiger partial charge in [-0.15, -0.1) is 0 Å². The molecule has 0 aromatic heterocycles. The Balaban J connectivity index is 2.39. The Morgan fingerprint density at radius 2 is 0.915 bits per heavy atom. The summed E-state index contributed by atoms with van der Waals surface area (Å²) < 4.78 is 16.3. The Hall–Kier alpha value is -4.03. The summed E-state index contributed by atoms with van der Waals surface area (Å²) in [7, 11) is 0. The fraction of sp³-hybridized carbons (Fsp3) is 0.811. The lowest BCUT2D eigenvalue weighted by Crippen LogP contribution is -2.49. The molecule has 1 heterocycles. The molecule has 0 aromatic rings. The highest BCUT2D eigenvalue weighted by molar-refractivity contribution is 5.88. The summed E-state index contributed by atoms with van der Waals surface area (Å²) in [5, 5.41) is 36.3. The van der Waals surface area contributed by atoms with E-state index in [0.29, 0.717) is 85.1 Å². The number of rotatable bonds is 32. The highest BCUT2D eigenvalue weighted by Gasteiger charge is 2.22. The first-order valence-corrected chi connectivity index (χ1v) is 20.4. The maximum atomic E-state index is 12.9. The molecule has 0 saturated carbocycles. The van der Waals surface area contributed by atoms with E-state index in [2.05, 4.69) is 16.0 Å². The van der Waals surface area contributed by atoms with Crippen molar-refractivity contribution in [1.29, 1.82) is 0 Å². The highest BCUT2D eigenvalue weighted by Crippen LogP contribution is 2.04. The molecular weight excluding hydrogens is 778 g/mol. The molecule has 1 aliphatic heterocycles. The van der Waals surface area contributed by atoms with Crippen LogP contribution in [0.15, 0.2) is 0 Å². The lowest BCUT2D eigenvalue weighted by molar-refractivity contribution is -0.140. The molecular formula is C37H69N9O13. The summed E-state index contributed by atoms with van der Waals surface area (Å²) >= 11 is 0. The Morgan fingerprint density at radius 1 is 0.508 bits per heavy atom. The summed E-state index contributed by atoms with van der Waals surface area (Å²) in [5.74, 6) is -4.96. The third-order valence-corrected chi connectivity index (χ3v) is 9.15. The van der Waals surface area contributed by atoms with Crippen molar-refractivity contribution in [2.45, 2.75) is 57.4 Å². The van der Waals surface area contributed by atoms with E-state index in [1.807, 2.05) is 4.90 Å². The fourth-order valence-electron chi connectivity index (χ4n) is 5.91. The van der Waals surface area contributed by atoms with Crippen LogP contribution in [0.2, 0.25) is 0 Å². The van der Waals surface area contributed by atoms with Gasteiger partial charge in [0.25, 0.3) is 0 Å². The molecule has 0 bridgehead atoms. The van der Waals surface area contributed by atoms with Crippen LogP contribution in [0.25, 0.3) is 0 Å². The van der Waals surface area contributed by atoms with E-state index < -0.39 is 35.8 Å². The van der Waals surface area contributed by atoms with Gasteiger partial charge in [0, 0.05) is 91.5 Å². The second kappa shape index (κ2) is 33.8. The van der Waals surface area contributed by atoms with Gasteiger partial charge in [0.05, 0.1) is 52.6 Å². The number of nitrogens with zero attached hydrogens (tertiary/aromatic N) is 4. The number of amides is 4. The van der Waals surface area contributed by atoms with Crippen LogP contribution in [-0.4, -0.2) is 220 Å². The van der Waals surface area contributed by atoms with Gasteiger partial charge in [0.15, 0.2) is 0 Å². The summed E-state index contributed by atoms with van der Waals surface area (Å²) in [6.07, 6.45) is 3.41. The molecule has 1 saturated heterocycles. The van der Waals surface area contributed by atoms with Crippen molar-refractivity contribution in [2.75, 3.05) is 138 Å². The van der Waals surface area contributed by atoms with Crippen molar-refractivity contribution in [3.05, 3.63) is 0 Å². The number of nitrogens with two attached hydrogens (primary N) is 2. The van der Waals surface area contributed by atoms with Crippen molar-refractivity contribution in [1.82, 2.24) is 35.6 Å². The number of unbranched alkanes of at least 4 members (excludes halogenated alkanes) is 2. The van der Waals surface area contributed by atoms with Crippen LogP contribution in [0.3, 0.4) is 0 Å². The molecule has 1 atom stereocenters. The summed E-state index contributed by atoms with van der Waals surface area (Å²) in [5.41, 5.74) is 10.9. The average molecular weight is 848 g/mol. The van der Waals surface area contributed by atoms with Crippen molar-refractivity contribution < 1.29 is 63.1 Å². The molecule has 1 fully saturated rings. The second-order valence-corrected chi connectivity index (χ2v) is 14.2. The maximum Gasteiger partial charge on any atom is 0.317 e. The zero-order chi connectivity index (χ0) is 43.7.